The molecule has 0 fully saturated rings. The van der Waals surface area contributed by atoms with E-state index >= 15 is 0 Å². The molecule has 0 aromatic rings. The van der Waals surface area contributed by atoms with Crippen LogP contribution in [0.5, 0.6) is 0 Å². The summed E-state index contributed by atoms with van der Waals surface area (Å²) < 4.78 is 2.56. The molecule has 0 heterocycles. The first-order valence-electron chi connectivity index (χ1n) is 0.732. The molecule has 0 aromatic carbocycles. The minimum absolute atomic E-state index is 0. The summed E-state index contributed by atoms with van der Waals surface area (Å²) in [5, 5.41) is 8.60. The van der Waals surface area contributed by atoms with Crippen molar-refractivity contribution in [3.63, 3.8) is 0 Å². The molecule has 0 bridgehead atoms. The molecule has 0 aromatic heterocycles. The second-order valence-electron chi connectivity index (χ2n) is 0.312. The van der Waals surface area contributed by atoms with Gasteiger partial charge in [0, 0.05) is 0 Å². The van der Waals surface area contributed by atoms with Crippen molar-refractivity contribution >= 4 is 8.60 Å². The van der Waals surface area contributed by atoms with Crippen molar-refractivity contribution in [2.45, 2.75) is 0 Å². The molecule has 40 valence electrons. The third-order valence-electron chi connectivity index (χ3n) is 0.0638. The molecule has 0 spiro atoms. The first kappa shape index (κ1) is 9.90. The fraction of sp³-hybridized carbons (Fsp3) is 0. The van der Waals surface area contributed by atoms with Crippen LogP contribution in [0, 0.1) is 0 Å². The maximum Gasteiger partial charge on any atom is 2.00 e. The van der Waals surface area contributed by atoms with Crippen LogP contribution in [0.25, 0.3) is 0 Å². The molecule has 1 atom stereocenters. The topological polar surface area (TPSA) is 75.6 Å². The van der Waals surface area contributed by atoms with Gasteiger partial charge in [-0.05, 0) is 0 Å². The molecule has 4 nitrogen and oxygen atoms in total. The summed E-state index contributed by atoms with van der Waals surface area (Å²) in [7, 11) is -2.90. The molecule has 0 saturated carbocycles. The molecule has 0 amide bonds. The standard InChI is InChI=1S/Ni.H2O4P/c;1-4-5(2)3/h;1-2H/q+2;-1/p-1. The summed E-state index contributed by atoms with van der Waals surface area (Å²) >= 11 is 0. The Hall–Kier alpha value is 0.764. The molecular weight excluding hydrogens is 154 g/mol. The number of hydrogen-bond acceptors (Lipinski definition) is 4. The van der Waals surface area contributed by atoms with Gasteiger partial charge >= 0.3 is 16.5 Å². The van der Waals surface area contributed by atoms with Gasteiger partial charge in [0.05, 0.1) is 8.60 Å². The van der Waals surface area contributed by atoms with Crippen molar-refractivity contribution in [3.05, 3.63) is 0 Å². The largest absolute Gasteiger partial charge is 2.00 e. The van der Waals surface area contributed by atoms with Crippen molar-refractivity contribution < 1.29 is 36.2 Å². The second kappa shape index (κ2) is 5.76. The van der Waals surface area contributed by atoms with E-state index < -0.39 is 8.60 Å². The number of rotatable bonds is 1. The SMILES string of the molecule is [Ni+2].[O-]OP([O-])O. The maximum atomic E-state index is 8.98. The first-order valence-corrected chi connectivity index (χ1v) is 1.86. The minimum Gasteiger partial charge on any atom is -0.787 e. The Morgan fingerprint density at radius 1 is 1.67 bits per heavy atom. The second-order valence-corrected chi connectivity index (χ2v) is 0.937. The minimum atomic E-state index is -2.90. The van der Waals surface area contributed by atoms with E-state index in [0.717, 1.165) is 0 Å². The van der Waals surface area contributed by atoms with Gasteiger partial charge in [-0.1, -0.05) is 0 Å². The molecule has 0 aliphatic rings. The van der Waals surface area contributed by atoms with Crippen LogP contribution in [0.3, 0.4) is 0 Å². The third kappa shape index (κ3) is 8.83. The Bertz CT molecular complexity index is 21.5. The van der Waals surface area contributed by atoms with Gasteiger partial charge in [-0.25, -0.2) is 0 Å². The van der Waals surface area contributed by atoms with Crippen LogP contribution in [0.4, 0.5) is 0 Å². The van der Waals surface area contributed by atoms with E-state index in [-0.39, 0.29) is 16.5 Å². The Labute approximate surface area is 45.6 Å². The van der Waals surface area contributed by atoms with Crippen LogP contribution in [-0.4, -0.2) is 4.89 Å². The predicted molar refractivity (Wildman–Crippen MR) is 10.2 cm³/mol. The molecule has 0 saturated heterocycles. The van der Waals surface area contributed by atoms with Crippen LogP contribution in [0.15, 0.2) is 0 Å². The summed E-state index contributed by atoms with van der Waals surface area (Å²) in [6.45, 7) is 0. The van der Waals surface area contributed by atoms with Crippen molar-refractivity contribution in [2.75, 3.05) is 0 Å². The zero-order valence-electron chi connectivity index (χ0n) is 2.44. The summed E-state index contributed by atoms with van der Waals surface area (Å²) in [4.78, 5) is 16.3. The summed E-state index contributed by atoms with van der Waals surface area (Å²) in [6.07, 6.45) is 0. The van der Waals surface area contributed by atoms with Gasteiger partial charge in [0.25, 0.3) is 0 Å². The fourth-order valence-corrected chi connectivity index (χ4v) is 0. The number of hydrogen-bond donors (Lipinski definition) is 1. The summed E-state index contributed by atoms with van der Waals surface area (Å²) in [5.41, 5.74) is 0. The van der Waals surface area contributed by atoms with E-state index in [1.165, 1.54) is 0 Å². The molecule has 0 aliphatic heterocycles. The normalized spacial score (nSPS) is 12.5. The van der Waals surface area contributed by atoms with Gasteiger partial charge in [-0.2, -0.15) is 0 Å². The van der Waals surface area contributed by atoms with Crippen LogP contribution in [0.2, 0.25) is 0 Å². The van der Waals surface area contributed by atoms with Gasteiger partial charge in [0.1, 0.15) is 0 Å². The molecule has 6 heavy (non-hydrogen) atoms. The quantitative estimate of drug-likeness (QED) is 0.202. The average molecular weight is 155 g/mol. The maximum absolute atomic E-state index is 8.98. The Morgan fingerprint density at radius 2 is 1.83 bits per heavy atom. The first-order chi connectivity index (χ1) is 2.27. The Kier molecular flexibility index (Phi) is 9.51. The van der Waals surface area contributed by atoms with Crippen LogP contribution in [0.1, 0.15) is 0 Å². The van der Waals surface area contributed by atoms with Crippen molar-refractivity contribution in [1.82, 2.24) is 0 Å². The molecule has 0 radical (unpaired) electrons. The Morgan fingerprint density at radius 3 is 1.83 bits per heavy atom. The van der Waals surface area contributed by atoms with E-state index in [2.05, 4.69) is 4.67 Å². The average Bonchev–Trinajstić information content (AvgIpc) is 1.38. The molecular formula is HNiO4P. The van der Waals surface area contributed by atoms with Crippen molar-refractivity contribution in [1.29, 1.82) is 0 Å². The van der Waals surface area contributed by atoms with E-state index in [9.17, 15) is 0 Å². The van der Waals surface area contributed by atoms with Gasteiger partial charge in [0.2, 0.25) is 0 Å². The molecule has 0 rings (SSSR count). The zero-order valence-corrected chi connectivity index (χ0v) is 4.32. The monoisotopic (exact) mass is 154 g/mol. The summed E-state index contributed by atoms with van der Waals surface area (Å²) in [6, 6.07) is 0. The van der Waals surface area contributed by atoms with E-state index in [1.54, 1.807) is 0 Å². The molecule has 6 heteroatoms. The van der Waals surface area contributed by atoms with Crippen LogP contribution in [-0.2, 0) is 21.2 Å². The molecule has 1 unspecified atom stereocenters. The van der Waals surface area contributed by atoms with Crippen LogP contribution < -0.4 is 10.2 Å². The molecule has 1 N–H and O–H groups in total. The molecule has 0 aliphatic carbocycles. The van der Waals surface area contributed by atoms with Crippen molar-refractivity contribution in [2.24, 2.45) is 0 Å². The Balaban J connectivity index is 0. The van der Waals surface area contributed by atoms with Crippen molar-refractivity contribution in [3.8, 4) is 0 Å². The van der Waals surface area contributed by atoms with Gasteiger partial charge in [0.15, 0.2) is 0 Å². The third-order valence-corrected chi connectivity index (χ3v) is 0.191. The fourth-order valence-electron chi connectivity index (χ4n) is 0. The van der Waals surface area contributed by atoms with Gasteiger partial charge in [-0.15, -0.1) is 0 Å². The van der Waals surface area contributed by atoms with Crippen LogP contribution >= 0.6 is 8.60 Å². The van der Waals surface area contributed by atoms with E-state index in [1.807, 2.05) is 0 Å². The van der Waals surface area contributed by atoms with E-state index in [4.69, 9.17) is 15.0 Å². The zero-order chi connectivity index (χ0) is 4.28. The summed E-state index contributed by atoms with van der Waals surface area (Å²) in [5.74, 6) is 0. The van der Waals surface area contributed by atoms with Gasteiger partial charge < -0.3 is 19.7 Å². The van der Waals surface area contributed by atoms with Gasteiger partial charge in [-0.3, -0.25) is 0 Å². The smallest absolute Gasteiger partial charge is 0.787 e. The van der Waals surface area contributed by atoms with E-state index in [0.29, 0.717) is 0 Å². The predicted octanol–water partition coefficient (Wildman–Crippen LogP) is -2.14.